The summed E-state index contributed by atoms with van der Waals surface area (Å²) in [6.45, 7) is 0. The maximum absolute atomic E-state index is 10.5. The smallest absolute Gasteiger partial charge is 0.280 e. The van der Waals surface area contributed by atoms with Crippen molar-refractivity contribution in [2.45, 2.75) is 0 Å². The fourth-order valence-corrected chi connectivity index (χ4v) is 1.02. The number of nitrogens with one attached hydrogen (secondary N) is 1. The number of carbonyl (C=O) groups is 2. The largest absolute Gasteiger partial charge is 0.315 e. The number of hydrazone groups is 1. The Kier molecular flexibility index (Phi) is 1.50. The van der Waals surface area contributed by atoms with Gasteiger partial charge in [-0.3, -0.25) is 9.59 Å². The van der Waals surface area contributed by atoms with E-state index in [1.165, 1.54) is 0 Å². The van der Waals surface area contributed by atoms with Crippen molar-refractivity contribution in [3.8, 4) is 0 Å². The number of Topliss-reactive ketones (excluding diaryl/α,β-unsaturated/α-hetero) is 1. The molecule has 1 rings (SSSR count). The number of primary sulfonamides is 1. The molecule has 1 amide bonds. The fourth-order valence-electron chi connectivity index (χ4n) is 0.493. The second-order valence-corrected chi connectivity index (χ2v) is 3.21. The molecule has 0 spiro atoms. The van der Waals surface area contributed by atoms with Crippen molar-refractivity contribution in [2.75, 3.05) is 0 Å². The van der Waals surface area contributed by atoms with Crippen LogP contribution in [-0.2, 0) is 19.6 Å². The standard InChI is InChI=1S/C3H3N3O4S/c4-11(9,10)3-1(7)2(8)5-6-3/h(H2,4,9,10)(H,5,7,8). The predicted molar refractivity (Wildman–Crippen MR) is 33.7 cm³/mol. The van der Waals surface area contributed by atoms with Gasteiger partial charge in [-0.1, -0.05) is 0 Å². The summed E-state index contributed by atoms with van der Waals surface area (Å²) in [5.41, 5.74) is 1.67. The molecule has 0 saturated carbocycles. The van der Waals surface area contributed by atoms with Crippen LogP contribution in [0.4, 0.5) is 0 Å². The first kappa shape index (κ1) is 7.82. The summed E-state index contributed by atoms with van der Waals surface area (Å²) in [5, 5.41) is 6.50. The summed E-state index contributed by atoms with van der Waals surface area (Å²) in [5.74, 6) is -2.32. The van der Waals surface area contributed by atoms with Crippen LogP contribution in [0.15, 0.2) is 5.10 Å². The number of hydrogen-bond acceptors (Lipinski definition) is 5. The highest BCUT2D eigenvalue weighted by molar-refractivity contribution is 8.06. The van der Waals surface area contributed by atoms with Crippen LogP contribution in [0, 0.1) is 0 Å². The van der Waals surface area contributed by atoms with E-state index in [1.807, 2.05) is 0 Å². The lowest BCUT2D eigenvalue weighted by Crippen LogP contribution is -2.31. The lowest BCUT2D eigenvalue weighted by atomic mass is 10.4. The molecule has 0 aromatic rings. The van der Waals surface area contributed by atoms with E-state index in [9.17, 15) is 18.0 Å². The van der Waals surface area contributed by atoms with Crippen molar-refractivity contribution >= 4 is 26.8 Å². The van der Waals surface area contributed by atoms with Crippen molar-refractivity contribution in [3.05, 3.63) is 0 Å². The summed E-state index contributed by atoms with van der Waals surface area (Å²) in [6.07, 6.45) is 0. The molecular weight excluding hydrogens is 174 g/mol. The first-order chi connectivity index (χ1) is 4.93. The Morgan fingerprint density at radius 1 is 1.36 bits per heavy atom. The molecule has 60 valence electrons. The minimum absolute atomic E-state index is 0.942. The van der Waals surface area contributed by atoms with Gasteiger partial charge in [0, 0.05) is 0 Å². The SMILES string of the molecule is NS(=O)(=O)C1=NNC(=O)C1=O. The molecule has 0 radical (unpaired) electrons. The number of nitrogens with zero attached hydrogens (tertiary/aromatic N) is 1. The van der Waals surface area contributed by atoms with Crippen LogP contribution < -0.4 is 10.6 Å². The summed E-state index contributed by atoms with van der Waals surface area (Å²) >= 11 is 0. The predicted octanol–water partition coefficient (Wildman–Crippen LogP) is -2.71. The van der Waals surface area contributed by atoms with E-state index in [-0.39, 0.29) is 0 Å². The van der Waals surface area contributed by atoms with Crippen molar-refractivity contribution < 1.29 is 18.0 Å². The summed E-state index contributed by atoms with van der Waals surface area (Å²) in [6, 6.07) is 0. The Morgan fingerprint density at radius 3 is 2.09 bits per heavy atom. The third-order valence-electron chi connectivity index (χ3n) is 0.929. The second-order valence-electron chi connectivity index (χ2n) is 1.73. The third kappa shape index (κ3) is 1.25. The number of nitrogens with two attached hydrogens (primary N) is 1. The average Bonchev–Trinajstić information content (AvgIpc) is 2.11. The van der Waals surface area contributed by atoms with Gasteiger partial charge in [-0.2, -0.15) is 5.10 Å². The second kappa shape index (κ2) is 2.10. The summed E-state index contributed by atoms with van der Waals surface area (Å²) in [4.78, 5) is 20.9. The molecule has 0 fully saturated rings. The first-order valence-corrected chi connectivity index (χ1v) is 3.92. The number of carbonyl (C=O) groups excluding carboxylic acids is 2. The van der Waals surface area contributed by atoms with Crippen LogP contribution in [0.5, 0.6) is 0 Å². The zero-order chi connectivity index (χ0) is 8.65. The van der Waals surface area contributed by atoms with E-state index in [2.05, 4.69) is 10.2 Å². The molecule has 0 aromatic carbocycles. The van der Waals surface area contributed by atoms with Crippen LogP contribution in [0.3, 0.4) is 0 Å². The van der Waals surface area contributed by atoms with Gasteiger partial charge in [0.05, 0.1) is 0 Å². The maximum atomic E-state index is 10.5. The van der Waals surface area contributed by atoms with Gasteiger partial charge < -0.3 is 0 Å². The topological polar surface area (TPSA) is 119 Å². The van der Waals surface area contributed by atoms with E-state index in [1.54, 1.807) is 5.43 Å². The monoisotopic (exact) mass is 177 g/mol. The zero-order valence-electron chi connectivity index (χ0n) is 5.07. The molecule has 0 aliphatic carbocycles. The summed E-state index contributed by atoms with van der Waals surface area (Å²) < 4.78 is 20.8. The van der Waals surface area contributed by atoms with E-state index >= 15 is 0 Å². The highest BCUT2D eigenvalue weighted by atomic mass is 32.2. The van der Waals surface area contributed by atoms with Crippen molar-refractivity contribution in [2.24, 2.45) is 10.2 Å². The molecule has 0 unspecified atom stereocenters. The number of hydrogen-bond donors (Lipinski definition) is 2. The van der Waals surface area contributed by atoms with Crippen molar-refractivity contribution in [1.29, 1.82) is 0 Å². The third-order valence-corrected chi connectivity index (χ3v) is 1.74. The summed E-state index contributed by atoms with van der Waals surface area (Å²) in [7, 11) is -4.17. The van der Waals surface area contributed by atoms with Gasteiger partial charge in [-0.25, -0.2) is 19.0 Å². The number of amides is 1. The number of sulfonamides is 1. The van der Waals surface area contributed by atoms with E-state index in [0.717, 1.165) is 0 Å². The molecule has 3 N–H and O–H groups in total. The lowest BCUT2D eigenvalue weighted by molar-refractivity contribution is -0.133. The minimum Gasteiger partial charge on any atom is -0.280 e. The lowest BCUT2D eigenvalue weighted by Gasteiger charge is -1.88. The Bertz CT molecular complexity index is 353. The van der Waals surface area contributed by atoms with Gasteiger partial charge in [-0.05, 0) is 0 Å². The molecule has 0 atom stereocenters. The normalized spacial score (nSPS) is 18.1. The minimum atomic E-state index is -4.17. The number of ketones is 1. The van der Waals surface area contributed by atoms with Crippen LogP contribution in [0.25, 0.3) is 0 Å². The van der Waals surface area contributed by atoms with Crippen LogP contribution in [-0.4, -0.2) is 25.2 Å². The Balaban J connectivity index is 3.13. The van der Waals surface area contributed by atoms with Gasteiger partial charge in [-0.15, -0.1) is 0 Å². The molecule has 0 bridgehead atoms. The van der Waals surface area contributed by atoms with Gasteiger partial charge >= 0.3 is 5.91 Å². The van der Waals surface area contributed by atoms with Crippen LogP contribution in [0.2, 0.25) is 0 Å². The molecule has 8 heteroatoms. The van der Waals surface area contributed by atoms with Crippen LogP contribution >= 0.6 is 0 Å². The molecule has 0 aromatic heterocycles. The average molecular weight is 177 g/mol. The Labute approximate surface area is 61.3 Å². The zero-order valence-corrected chi connectivity index (χ0v) is 5.88. The van der Waals surface area contributed by atoms with Gasteiger partial charge in [0.2, 0.25) is 5.04 Å². The van der Waals surface area contributed by atoms with Gasteiger partial charge in [0.25, 0.3) is 15.8 Å². The number of rotatable bonds is 0. The molecular formula is C3H3N3O4S. The Hall–Kier alpha value is -1.28. The highest BCUT2D eigenvalue weighted by Gasteiger charge is 2.34. The Morgan fingerprint density at radius 2 is 1.91 bits per heavy atom. The van der Waals surface area contributed by atoms with Crippen LogP contribution in [0.1, 0.15) is 0 Å². The first-order valence-electron chi connectivity index (χ1n) is 2.38. The van der Waals surface area contributed by atoms with Gasteiger partial charge in [0.1, 0.15) is 0 Å². The quantitative estimate of drug-likeness (QED) is 0.391. The maximum Gasteiger partial charge on any atom is 0.315 e. The molecule has 1 aliphatic rings. The van der Waals surface area contributed by atoms with E-state index < -0.39 is 26.8 Å². The van der Waals surface area contributed by atoms with Crippen molar-refractivity contribution in [1.82, 2.24) is 5.43 Å². The fraction of sp³-hybridized carbons (Fsp3) is 0. The van der Waals surface area contributed by atoms with E-state index in [0.29, 0.717) is 0 Å². The highest BCUT2D eigenvalue weighted by Crippen LogP contribution is 1.95. The molecule has 1 aliphatic heterocycles. The molecule has 1 heterocycles. The molecule has 0 saturated heterocycles. The molecule has 11 heavy (non-hydrogen) atoms. The van der Waals surface area contributed by atoms with Gasteiger partial charge in [0.15, 0.2) is 0 Å². The van der Waals surface area contributed by atoms with E-state index in [4.69, 9.17) is 0 Å². The molecule has 7 nitrogen and oxygen atoms in total. The van der Waals surface area contributed by atoms with Crippen molar-refractivity contribution in [3.63, 3.8) is 0 Å².